The van der Waals surface area contributed by atoms with E-state index in [2.05, 4.69) is 15.0 Å². The number of hydrogen-bond donors (Lipinski definition) is 1. The molecule has 0 spiro atoms. The smallest absolute Gasteiger partial charge is 0.126 e. The molecule has 0 aliphatic carbocycles. The van der Waals surface area contributed by atoms with Crippen LogP contribution in [-0.4, -0.2) is 15.0 Å². The van der Waals surface area contributed by atoms with Crippen LogP contribution < -0.4 is 5.73 Å². The summed E-state index contributed by atoms with van der Waals surface area (Å²) in [4.78, 5) is 13.1. The van der Waals surface area contributed by atoms with Gasteiger partial charge in [-0.15, -0.1) is 0 Å². The van der Waals surface area contributed by atoms with Crippen LogP contribution in [0.5, 0.6) is 0 Å². The number of rotatable bonds is 2. The normalized spacial score (nSPS) is 11.0. The number of halogens is 1. The molecule has 4 rings (SSSR count). The quantitative estimate of drug-likeness (QED) is 0.592. The van der Waals surface area contributed by atoms with Gasteiger partial charge >= 0.3 is 0 Å². The van der Waals surface area contributed by atoms with E-state index in [0.717, 1.165) is 33.4 Å². The summed E-state index contributed by atoms with van der Waals surface area (Å²) < 4.78 is 13.6. The van der Waals surface area contributed by atoms with Gasteiger partial charge in [0, 0.05) is 23.5 Å². The summed E-state index contributed by atoms with van der Waals surface area (Å²) in [6, 6.07) is 12.7. The second kappa shape index (κ2) is 5.94. The lowest BCUT2D eigenvalue weighted by atomic mass is 9.97. The number of aryl methyl sites for hydroxylation is 1. The number of hydrogen-bond acceptors (Lipinski definition) is 4. The van der Waals surface area contributed by atoms with E-state index < -0.39 is 0 Å². The highest BCUT2D eigenvalue weighted by atomic mass is 19.1. The molecular formula is C20H15FN4. The lowest BCUT2D eigenvalue weighted by Gasteiger charge is -2.11. The number of pyridine rings is 1. The SMILES string of the molecule is Cc1cc(-c2ncc(N)cc2-c2ccc3nccnc3c2)ccc1F. The van der Waals surface area contributed by atoms with Crippen molar-refractivity contribution in [3.05, 3.63) is 72.4 Å². The summed E-state index contributed by atoms with van der Waals surface area (Å²) in [5.41, 5.74) is 12.1. The maximum Gasteiger partial charge on any atom is 0.126 e. The highest BCUT2D eigenvalue weighted by Gasteiger charge is 2.12. The van der Waals surface area contributed by atoms with Crippen LogP contribution in [0.2, 0.25) is 0 Å². The molecule has 0 unspecified atom stereocenters. The van der Waals surface area contributed by atoms with Crippen LogP contribution in [-0.2, 0) is 0 Å². The zero-order valence-electron chi connectivity index (χ0n) is 13.6. The minimum atomic E-state index is -0.235. The Morgan fingerprint density at radius 3 is 2.40 bits per heavy atom. The van der Waals surface area contributed by atoms with Crippen molar-refractivity contribution in [2.45, 2.75) is 6.92 Å². The van der Waals surface area contributed by atoms with Crippen molar-refractivity contribution in [3.8, 4) is 22.4 Å². The van der Waals surface area contributed by atoms with Crippen LogP contribution in [0.25, 0.3) is 33.4 Å². The van der Waals surface area contributed by atoms with E-state index in [0.29, 0.717) is 11.3 Å². The van der Waals surface area contributed by atoms with Gasteiger partial charge in [0.2, 0.25) is 0 Å². The lowest BCUT2D eigenvalue weighted by Crippen LogP contribution is -1.95. The number of fused-ring (bicyclic) bond motifs is 1. The highest BCUT2D eigenvalue weighted by molar-refractivity contribution is 5.87. The maximum atomic E-state index is 13.6. The van der Waals surface area contributed by atoms with Gasteiger partial charge in [0.15, 0.2) is 0 Å². The van der Waals surface area contributed by atoms with Crippen LogP contribution in [0.3, 0.4) is 0 Å². The number of anilines is 1. The monoisotopic (exact) mass is 330 g/mol. The van der Waals surface area contributed by atoms with E-state index in [-0.39, 0.29) is 5.82 Å². The number of nitrogen functional groups attached to an aromatic ring is 1. The Bertz CT molecular complexity index is 1090. The first-order valence-corrected chi connectivity index (χ1v) is 7.85. The van der Waals surface area contributed by atoms with Crippen LogP contribution >= 0.6 is 0 Å². The molecule has 5 heteroatoms. The van der Waals surface area contributed by atoms with E-state index in [1.165, 1.54) is 6.07 Å². The molecule has 25 heavy (non-hydrogen) atoms. The van der Waals surface area contributed by atoms with Crippen molar-refractivity contribution in [3.63, 3.8) is 0 Å². The predicted molar refractivity (Wildman–Crippen MR) is 97.3 cm³/mol. The molecule has 2 heterocycles. The molecule has 2 N–H and O–H groups in total. The van der Waals surface area contributed by atoms with Gasteiger partial charge in [0.25, 0.3) is 0 Å². The number of benzene rings is 2. The Morgan fingerprint density at radius 2 is 1.60 bits per heavy atom. The van der Waals surface area contributed by atoms with E-state index in [1.807, 2.05) is 24.3 Å². The molecule has 0 saturated carbocycles. The standard InChI is InChI=1S/C20H15FN4/c1-12-8-14(2-4-17(12)21)20-16(10-15(22)11-25-20)13-3-5-18-19(9-13)24-7-6-23-18/h2-11H,22H2,1H3. The number of aromatic nitrogens is 3. The van der Waals surface area contributed by atoms with E-state index in [9.17, 15) is 4.39 Å². The molecule has 0 aliphatic heterocycles. The number of nitrogens with zero attached hydrogens (tertiary/aromatic N) is 3. The van der Waals surface area contributed by atoms with Gasteiger partial charge < -0.3 is 5.73 Å². The summed E-state index contributed by atoms with van der Waals surface area (Å²) in [6.45, 7) is 1.74. The fourth-order valence-electron chi connectivity index (χ4n) is 2.85. The van der Waals surface area contributed by atoms with Crippen LogP contribution in [0.4, 0.5) is 10.1 Å². The van der Waals surface area contributed by atoms with Crippen LogP contribution in [0, 0.1) is 12.7 Å². The third-order valence-electron chi connectivity index (χ3n) is 4.12. The first-order chi connectivity index (χ1) is 12.1. The van der Waals surface area contributed by atoms with E-state index >= 15 is 0 Å². The molecule has 2 aromatic carbocycles. The Kier molecular flexibility index (Phi) is 3.61. The van der Waals surface area contributed by atoms with Crippen molar-refractivity contribution >= 4 is 16.7 Å². The van der Waals surface area contributed by atoms with Gasteiger partial charge in [-0.05, 0) is 54.4 Å². The first-order valence-electron chi connectivity index (χ1n) is 7.85. The van der Waals surface area contributed by atoms with Gasteiger partial charge in [0.05, 0.1) is 28.6 Å². The summed E-state index contributed by atoms with van der Waals surface area (Å²) >= 11 is 0. The topological polar surface area (TPSA) is 64.7 Å². The molecule has 0 fully saturated rings. The molecular weight excluding hydrogens is 315 g/mol. The minimum Gasteiger partial charge on any atom is -0.397 e. The van der Waals surface area contributed by atoms with E-state index in [1.54, 1.807) is 37.6 Å². The molecule has 0 amide bonds. The zero-order chi connectivity index (χ0) is 17.4. The van der Waals surface area contributed by atoms with Crippen molar-refractivity contribution in [2.75, 3.05) is 5.73 Å². The molecule has 0 aliphatic rings. The average molecular weight is 330 g/mol. The van der Waals surface area contributed by atoms with E-state index in [4.69, 9.17) is 5.73 Å². The van der Waals surface area contributed by atoms with Gasteiger partial charge in [-0.2, -0.15) is 0 Å². The van der Waals surface area contributed by atoms with Gasteiger partial charge in [-0.25, -0.2) is 4.39 Å². The van der Waals surface area contributed by atoms with Crippen molar-refractivity contribution in [1.29, 1.82) is 0 Å². The molecule has 0 bridgehead atoms. The maximum absolute atomic E-state index is 13.6. The molecule has 4 nitrogen and oxygen atoms in total. The lowest BCUT2D eigenvalue weighted by molar-refractivity contribution is 0.619. The molecule has 2 aromatic heterocycles. The fraction of sp³-hybridized carbons (Fsp3) is 0.0500. The third-order valence-corrected chi connectivity index (χ3v) is 4.12. The highest BCUT2D eigenvalue weighted by Crippen LogP contribution is 2.33. The second-order valence-corrected chi connectivity index (χ2v) is 5.89. The van der Waals surface area contributed by atoms with Crippen molar-refractivity contribution < 1.29 is 4.39 Å². The Hall–Kier alpha value is -3.34. The number of nitrogens with two attached hydrogens (primary N) is 1. The summed E-state index contributed by atoms with van der Waals surface area (Å²) in [5.74, 6) is -0.235. The first kappa shape index (κ1) is 15.2. The Labute approximate surface area is 144 Å². The largest absolute Gasteiger partial charge is 0.397 e. The van der Waals surface area contributed by atoms with Gasteiger partial charge in [0.1, 0.15) is 5.82 Å². The minimum absolute atomic E-state index is 0.235. The Morgan fingerprint density at radius 1 is 0.840 bits per heavy atom. The predicted octanol–water partition coefficient (Wildman–Crippen LogP) is 4.39. The van der Waals surface area contributed by atoms with Gasteiger partial charge in [-0.3, -0.25) is 15.0 Å². The van der Waals surface area contributed by atoms with Gasteiger partial charge in [-0.1, -0.05) is 6.07 Å². The third kappa shape index (κ3) is 2.80. The fourth-order valence-corrected chi connectivity index (χ4v) is 2.85. The summed E-state index contributed by atoms with van der Waals surface area (Å²) in [5, 5.41) is 0. The zero-order valence-corrected chi connectivity index (χ0v) is 13.6. The van der Waals surface area contributed by atoms with Crippen LogP contribution in [0.1, 0.15) is 5.56 Å². The van der Waals surface area contributed by atoms with Crippen LogP contribution in [0.15, 0.2) is 61.1 Å². The van der Waals surface area contributed by atoms with Crippen molar-refractivity contribution in [2.24, 2.45) is 0 Å². The molecule has 0 saturated heterocycles. The summed E-state index contributed by atoms with van der Waals surface area (Å²) in [6.07, 6.45) is 4.93. The van der Waals surface area contributed by atoms with Crippen molar-refractivity contribution in [1.82, 2.24) is 15.0 Å². The second-order valence-electron chi connectivity index (χ2n) is 5.89. The average Bonchev–Trinajstić information content (AvgIpc) is 2.63. The summed E-state index contributed by atoms with van der Waals surface area (Å²) in [7, 11) is 0. The molecule has 4 aromatic rings. The molecule has 0 atom stereocenters. The molecule has 122 valence electrons. The Balaban J connectivity index is 1.93. The molecule has 0 radical (unpaired) electrons.